The van der Waals surface area contributed by atoms with E-state index in [1.165, 1.54) is 0 Å². The van der Waals surface area contributed by atoms with Crippen molar-refractivity contribution in [3.63, 3.8) is 0 Å². The van der Waals surface area contributed by atoms with Gasteiger partial charge in [0.1, 0.15) is 0 Å². The fourth-order valence-corrected chi connectivity index (χ4v) is 3.69. The fourth-order valence-electron chi connectivity index (χ4n) is 3.39. The fraction of sp³-hybridized carbons (Fsp3) is 0.588. The van der Waals surface area contributed by atoms with Gasteiger partial charge in [-0.05, 0) is 49.4 Å². The number of benzene rings is 1. The number of amides is 1. The number of carbonyl (C=O) groups is 1. The van der Waals surface area contributed by atoms with Gasteiger partial charge >= 0.3 is 0 Å². The molecule has 1 saturated heterocycles. The lowest BCUT2D eigenvalue weighted by Gasteiger charge is -2.35. The van der Waals surface area contributed by atoms with Gasteiger partial charge in [-0.25, -0.2) is 0 Å². The number of carbonyl (C=O) groups excluding carboxylic acids is 1. The molecule has 130 valence electrons. The summed E-state index contributed by atoms with van der Waals surface area (Å²) in [5, 5.41) is 1.02. The van der Waals surface area contributed by atoms with Crippen LogP contribution in [0.25, 0.3) is 0 Å². The summed E-state index contributed by atoms with van der Waals surface area (Å²) in [7, 11) is 0. The predicted molar refractivity (Wildman–Crippen MR) is 99.7 cm³/mol. The molecule has 23 heavy (non-hydrogen) atoms. The van der Waals surface area contributed by atoms with Gasteiger partial charge in [-0.3, -0.25) is 4.79 Å². The molecular weight excluding hydrogens is 355 g/mol. The molecule has 1 amide bonds. The van der Waals surface area contributed by atoms with Gasteiger partial charge in [0.15, 0.2) is 0 Å². The Hall–Kier alpha value is -0.480. The molecule has 1 atom stereocenters. The van der Waals surface area contributed by atoms with Crippen LogP contribution in [0.5, 0.6) is 0 Å². The molecule has 0 aromatic heterocycles. The van der Waals surface area contributed by atoms with E-state index in [-0.39, 0.29) is 18.3 Å². The topological polar surface area (TPSA) is 46.3 Å². The van der Waals surface area contributed by atoms with E-state index < -0.39 is 5.41 Å². The van der Waals surface area contributed by atoms with Crippen molar-refractivity contribution >= 4 is 41.5 Å². The van der Waals surface area contributed by atoms with Gasteiger partial charge < -0.3 is 10.6 Å². The Kier molecular flexibility index (Phi) is 7.66. The zero-order valence-corrected chi connectivity index (χ0v) is 16.0. The first-order chi connectivity index (χ1) is 10.5. The first-order valence-corrected chi connectivity index (χ1v) is 8.69. The third kappa shape index (κ3) is 3.96. The number of nitrogens with zero attached hydrogens (tertiary/aromatic N) is 1. The summed E-state index contributed by atoms with van der Waals surface area (Å²) in [5.41, 5.74) is 6.17. The van der Waals surface area contributed by atoms with Gasteiger partial charge in [0.05, 0.1) is 15.5 Å². The molecule has 1 aromatic carbocycles. The van der Waals surface area contributed by atoms with E-state index in [2.05, 4.69) is 13.8 Å². The van der Waals surface area contributed by atoms with Crippen molar-refractivity contribution in [1.29, 1.82) is 0 Å². The van der Waals surface area contributed by atoms with Crippen LogP contribution < -0.4 is 5.73 Å². The van der Waals surface area contributed by atoms with Crippen LogP contribution in [0.2, 0.25) is 10.0 Å². The zero-order valence-electron chi connectivity index (χ0n) is 13.6. The van der Waals surface area contributed by atoms with E-state index >= 15 is 0 Å². The monoisotopic (exact) mass is 378 g/mol. The zero-order chi connectivity index (χ0) is 16.3. The average Bonchev–Trinajstić information content (AvgIpc) is 3.01. The molecule has 0 radical (unpaired) electrons. The Labute approximate surface area is 154 Å². The van der Waals surface area contributed by atoms with Crippen LogP contribution in [-0.4, -0.2) is 30.4 Å². The maximum Gasteiger partial charge on any atom is 0.233 e. The summed E-state index contributed by atoms with van der Waals surface area (Å²) in [4.78, 5) is 15.2. The summed E-state index contributed by atoms with van der Waals surface area (Å²) in [5.74, 6) is 0.607. The molecule has 1 fully saturated rings. The minimum Gasteiger partial charge on any atom is -0.342 e. The van der Waals surface area contributed by atoms with Gasteiger partial charge in [0.2, 0.25) is 5.91 Å². The van der Waals surface area contributed by atoms with Crippen LogP contribution in [0.15, 0.2) is 18.2 Å². The summed E-state index contributed by atoms with van der Waals surface area (Å²) in [6.07, 6.45) is 2.47. The highest BCUT2D eigenvalue weighted by atomic mass is 35.5. The largest absolute Gasteiger partial charge is 0.342 e. The van der Waals surface area contributed by atoms with Crippen LogP contribution in [-0.2, 0) is 10.2 Å². The van der Waals surface area contributed by atoms with E-state index in [1.54, 1.807) is 6.07 Å². The molecule has 1 aromatic rings. The first kappa shape index (κ1) is 20.6. The Balaban J connectivity index is 0.00000264. The lowest BCUT2D eigenvalue weighted by Crippen LogP contribution is -2.45. The van der Waals surface area contributed by atoms with Crippen molar-refractivity contribution in [3.05, 3.63) is 33.8 Å². The van der Waals surface area contributed by atoms with Crippen LogP contribution in [0.1, 0.15) is 38.7 Å². The summed E-state index contributed by atoms with van der Waals surface area (Å²) in [6.45, 7) is 6.31. The number of hydrogen-bond acceptors (Lipinski definition) is 2. The van der Waals surface area contributed by atoms with Crippen LogP contribution in [0.3, 0.4) is 0 Å². The van der Waals surface area contributed by atoms with Gasteiger partial charge in [0, 0.05) is 13.1 Å². The summed E-state index contributed by atoms with van der Waals surface area (Å²) in [6, 6.07) is 5.54. The van der Waals surface area contributed by atoms with Crippen molar-refractivity contribution in [2.75, 3.05) is 19.6 Å². The van der Waals surface area contributed by atoms with Crippen LogP contribution in [0.4, 0.5) is 0 Å². The van der Waals surface area contributed by atoms with Gasteiger partial charge in [-0.15, -0.1) is 12.4 Å². The minimum absolute atomic E-state index is 0. The SMILES string of the molecule is CCC(CC)(C(=O)N1CCC(CN)C1)c1ccc(Cl)c(Cl)c1.Cl. The molecule has 2 rings (SSSR count). The number of halogens is 3. The van der Waals surface area contributed by atoms with Crippen molar-refractivity contribution in [1.82, 2.24) is 4.90 Å². The summed E-state index contributed by atoms with van der Waals surface area (Å²) >= 11 is 12.2. The average molecular weight is 380 g/mol. The highest BCUT2D eigenvalue weighted by molar-refractivity contribution is 6.42. The number of likely N-dealkylation sites (tertiary alicyclic amines) is 1. The second-order valence-electron chi connectivity index (χ2n) is 6.06. The van der Waals surface area contributed by atoms with Crippen molar-refractivity contribution in [2.45, 2.75) is 38.5 Å². The van der Waals surface area contributed by atoms with E-state index in [4.69, 9.17) is 28.9 Å². The van der Waals surface area contributed by atoms with Gasteiger partial charge in [-0.1, -0.05) is 43.1 Å². The van der Waals surface area contributed by atoms with Crippen molar-refractivity contribution in [3.8, 4) is 0 Å². The highest BCUT2D eigenvalue weighted by Gasteiger charge is 2.41. The second kappa shape index (κ2) is 8.57. The molecule has 0 aliphatic carbocycles. The molecule has 0 spiro atoms. The molecule has 1 heterocycles. The lowest BCUT2D eigenvalue weighted by atomic mass is 9.74. The van der Waals surface area contributed by atoms with Crippen molar-refractivity contribution in [2.24, 2.45) is 11.7 Å². The third-order valence-electron chi connectivity index (χ3n) is 5.00. The normalized spacial score (nSPS) is 18.0. The molecule has 2 N–H and O–H groups in total. The quantitative estimate of drug-likeness (QED) is 0.830. The molecule has 1 aliphatic rings. The molecule has 3 nitrogen and oxygen atoms in total. The number of hydrogen-bond donors (Lipinski definition) is 1. The molecular formula is C17H25Cl3N2O. The maximum atomic E-state index is 13.2. The van der Waals surface area contributed by atoms with Crippen LogP contribution >= 0.6 is 35.6 Å². The number of rotatable bonds is 5. The minimum atomic E-state index is -0.530. The Morgan fingerprint density at radius 3 is 2.43 bits per heavy atom. The highest BCUT2D eigenvalue weighted by Crippen LogP contribution is 2.38. The third-order valence-corrected chi connectivity index (χ3v) is 5.73. The Morgan fingerprint density at radius 1 is 1.30 bits per heavy atom. The molecule has 0 bridgehead atoms. The maximum absolute atomic E-state index is 13.2. The first-order valence-electron chi connectivity index (χ1n) is 7.93. The lowest BCUT2D eigenvalue weighted by molar-refractivity contribution is -0.137. The van der Waals surface area contributed by atoms with Gasteiger partial charge in [0.25, 0.3) is 0 Å². The van der Waals surface area contributed by atoms with Crippen LogP contribution in [0, 0.1) is 5.92 Å². The number of nitrogens with two attached hydrogens (primary N) is 1. The second-order valence-corrected chi connectivity index (χ2v) is 6.87. The summed E-state index contributed by atoms with van der Waals surface area (Å²) < 4.78 is 0. The van der Waals surface area contributed by atoms with E-state index in [1.807, 2.05) is 17.0 Å². The van der Waals surface area contributed by atoms with Gasteiger partial charge in [-0.2, -0.15) is 0 Å². The van der Waals surface area contributed by atoms with E-state index in [0.29, 0.717) is 22.5 Å². The standard InChI is InChI=1S/C17H24Cl2N2O.ClH/c1-3-17(4-2,13-5-6-14(18)15(19)9-13)16(22)21-8-7-12(10-20)11-21;/h5-6,9,12H,3-4,7-8,10-11,20H2,1-2H3;1H. The Bertz CT molecular complexity index is 547. The predicted octanol–water partition coefficient (Wildman–Crippen LogP) is 4.28. The molecule has 6 heteroatoms. The molecule has 0 saturated carbocycles. The van der Waals surface area contributed by atoms with E-state index in [0.717, 1.165) is 37.9 Å². The Morgan fingerprint density at radius 2 is 1.96 bits per heavy atom. The van der Waals surface area contributed by atoms with Crippen molar-refractivity contribution < 1.29 is 4.79 Å². The van der Waals surface area contributed by atoms with E-state index in [9.17, 15) is 4.79 Å². The smallest absolute Gasteiger partial charge is 0.233 e. The molecule has 1 unspecified atom stereocenters. The molecule has 1 aliphatic heterocycles.